The fraction of sp³-hybridized carbons (Fsp3) is 0.348. The number of benzene rings is 2. The third kappa shape index (κ3) is 4.88. The van der Waals surface area contributed by atoms with Crippen molar-refractivity contribution in [3.63, 3.8) is 0 Å². The fourth-order valence-corrected chi connectivity index (χ4v) is 5.51. The monoisotopic (exact) mass is 472 g/mol. The number of ether oxygens (including phenoxy) is 1. The van der Waals surface area contributed by atoms with Gasteiger partial charge in [-0.05, 0) is 49.1 Å². The number of aryl methyl sites for hydroxylation is 1. The maximum Gasteiger partial charge on any atom is 0.336 e. The van der Waals surface area contributed by atoms with E-state index in [-0.39, 0.29) is 11.6 Å². The molecule has 33 heavy (non-hydrogen) atoms. The molecule has 2 heterocycles. The van der Waals surface area contributed by atoms with Crippen molar-refractivity contribution in [3.8, 4) is 5.75 Å². The van der Waals surface area contributed by atoms with Crippen LogP contribution < -0.4 is 14.6 Å². The van der Waals surface area contributed by atoms with Crippen molar-refractivity contribution in [1.82, 2.24) is 14.6 Å². The number of rotatable bonds is 7. The van der Waals surface area contributed by atoms with Gasteiger partial charge in [0.15, 0.2) is 0 Å². The molecule has 0 unspecified atom stereocenters. The molecule has 0 amide bonds. The predicted octanol–water partition coefficient (Wildman–Crippen LogP) is 2.68. The van der Waals surface area contributed by atoms with E-state index >= 15 is 0 Å². The van der Waals surface area contributed by atoms with Crippen LogP contribution in [-0.4, -0.2) is 49.1 Å². The molecule has 4 rings (SSSR count). The Balaban J connectivity index is 1.76. The Bertz CT molecular complexity index is 1290. The molecular weight excluding hydrogens is 444 g/mol. The van der Waals surface area contributed by atoms with Gasteiger partial charge in [-0.3, -0.25) is 4.90 Å². The number of carboxylic acid groups (broad SMARTS) is 1. The number of carbonyl (C=O) groups is 1. The number of nitrogens with zero attached hydrogens (tertiary/aromatic N) is 1. The van der Waals surface area contributed by atoms with E-state index in [1.807, 2.05) is 25.3 Å². The van der Waals surface area contributed by atoms with Crippen LogP contribution in [-0.2, 0) is 16.8 Å². The van der Waals surface area contributed by atoms with Crippen molar-refractivity contribution in [2.45, 2.75) is 38.4 Å². The molecule has 1 aliphatic rings. The Labute approximate surface area is 192 Å². The highest BCUT2D eigenvalue weighted by atomic mass is 32.2. The second-order valence-corrected chi connectivity index (χ2v) is 9.73. The third-order valence-electron chi connectivity index (χ3n) is 6.29. The van der Waals surface area contributed by atoms with E-state index in [4.69, 9.17) is 9.88 Å². The van der Waals surface area contributed by atoms with E-state index in [2.05, 4.69) is 14.6 Å². The van der Waals surface area contributed by atoms with Crippen LogP contribution in [0.1, 0.15) is 45.9 Å². The van der Waals surface area contributed by atoms with E-state index < -0.39 is 22.2 Å². The second kappa shape index (κ2) is 9.14. The summed E-state index contributed by atoms with van der Waals surface area (Å²) in [6, 6.07) is 10.1. The van der Waals surface area contributed by atoms with Gasteiger partial charge in [-0.1, -0.05) is 18.2 Å². The van der Waals surface area contributed by atoms with Crippen LogP contribution in [0.25, 0.3) is 10.9 Å². The lowest BCUT2D eigenvalue weighted by molar-refractivity contribution is 0.0686. The minimum atomic E-state index is -3.88. The largest absolute Gasteiger partial charge is 0.496 e. The molecule has 0 spiro atoms. The zero-order chi connectivity index (χ0) is 23.8. The summed E-state index contributed by atoms with van der Waals surface area (Å²) in [6.07, 6.45) is 2.83. The number of fused-ring (bicyclic) bond motifs is 1. The van der Waals surface area contributed by atoms with Crippen LogP contribution in [0.2, 0.25) is 0 Å². The molecule has 3 aromatic rings. The average molecular weight is 473 g/mol. The lowest BCUT2D eigenvalue weighted by atomic mass is 9.88. The first-order valence-corrected chi connectivity index (χ1v) is 12.2. The van der Waals surface area contributed by atoms with Gasteiger partial charge in [0.05, 0.1) is 12.7 Å². The van der Waals surface area contributed by atoms with E-state index in [9.17, 15) is 18.3 Å². The van der Waals surface area contributed by atoms with Crippen molar-refractivity contribution in [3.05, 3.63) is 64.8 Å². The summed E-state index contributed by atoms with van der Waals surface area (Å²) in [5.41, 5.74) is 3.93. The first kappa shape index (κ1) is 23.2. The molecule has 9 nitrogen and oxygen atoms in total. The maximum absolute atomic E-state index is 11.9. The number of hydrogen-bond acceptors (Lipinski definition) is 5. The van der Waals surface area contributed by atoms with Crippen LogP contribution >= 0.6 is 0 Å². The lowest BCUT2D eigenvalue weighted by Gasteiger charge is -2.40. The van der Waals surface area contributed by atoms with Gasteiger partial charge < -0.3 is 14.8 Å². The zero-order valence-electron chi connectivity index (χ0n) is 18.5. The number of carboxylic acids is 1. The molecule has 176 valence electrons. The van der Waals surface area contributed by atoms with Gasteiger partial charge in [-0.2, -0.15) is 13.1 Å². The minimum absolute atomic E-state index is 0.200. The van der Waals surface area contributed by atoms with Gasteiger partial charge in [0.1, 0.15) is 5.75 Å². The minimum Gasteiger partial charge on any atom is -0.496 e. The number of H-pyrrole nitrogens is 1. The van der Waals surface area contributed by atoms with Crippen LogP contribution in [0.3, 0.4) is 0 Å². The molecule has 1 saturated heterocycles. The highest BCUT2D eigenvalue weighted by molar-refractivity contribution is 7.87. The van der Waals surface area contributed by atoms with Gasteiger partial charge in [0.2, 0.25) is 0 Å². The van der Waals surface area contributed by atoms with Gasteiger partial charge in [-0.15, -0.1) is 0 Å². The molecule has 1 aliphatic heterocycles. The van der Waals surface area contributed by atoms with Gasteiger partial charge in [0.25, 0.3) is 10.2 Å². The number of hydrogen-bond donors (Lipinski definition) is 4. The summed E-state index contributed by atoms with van der Waals surface area (Å²) in [4.78, 5) is 17.4. The van der Waals surface area contributed by atoms with Crippen molar-refractivity contribution in [2.24, 2.45) is 5.14 Å². The normalized spacial score (nSPS) is 19.6. The fourth-order valence-electron chi connectivity index (χ4n) is 4.83. The quantitative estimate of drug-likeness (QED) is 0.417. The van der Waals surface area contributed by atoms with E-state index in [0.29, 0.717) is 31.5 Å². The average Bonchev–Trinajstić information content (AvgIpc) is 3.26. The summed E-state index contributed by atoms with van der Waals surface area (Å²) >= 11 is 0. The highest BCUT2D eigenvalue weighted by Crippen LogP contribution is 2.38. The summed E-state index contributed by atoms with van der Waals surface area (Å²) in [5, 5.41) is 16.0. The predicted molar refractivity (Wildman–Crippen MR) is 125 cm³/mol. The Morgan fingerprint density at radius 3 is 2.79 bits per heavy atom. The zero-order valence-corrected chi connectivity index (χ0v) is 19.4. The van der Waals surface area contributed by atoms with Crippen molar-refractivity contribution >= 4 is 27.1 Å². The molecule has 5 N–H and O–H groups in total. The van der Waals surface area contributed by atoms with Crippen LogP contribution in [0.15, 0.2) is 42.6 Å². The molecule has 1 aromatic heterocycles. The summed E-state index contributed by atoms with van der Waals surface area (Å²) in [7, 11) is -2.24. The number of methoxy groups -OCH3 is 1. The smallest absolute Gasteiger partial charge is 0.336 e. The van der Waals surface area contributed by atoms with Crippen LogP contribution in [0.4, 0.5) is 0 Å². The molecule has 2 aromatic carbocycles. The van der Waals surface area contributed by atoms with Gasteiger partial charge in [-0.25, -0.2) is 9.93 Å². The van der Waals surface area contributed by atoms with E-state index in [0.717, 1.165) is 27.8 Å². The standard InChI is InChI=1S/C23H28N4O5S/c1-14-11-21(32-2)19(17-7-9-25-22(14)17)13-27-10-8-15(26-33(24,30)31)12-20(27)16-5-3-4-6-18(16)23(28)29/h3-7,9,11,15,20,25-26H,8,10,12-13H2,1-2H3,(H,28,29)(H2,24,30,31)/t15-,20+/m0/s1. The maximum atomic E-state index is 11.9. The van der Waals surface area contributed by atoms with Crippen molar-refractivity contribution < 1.29 is 23.1 Å². The van der Waals surface area contributed by atoms with Gasteiger partial charge >= 0.3 is 5.97 Å². The molecule has 0 bridgehead atoms. The summed E-state index contributed by atoms with van der Waals surface area (Å²) < 4.78 is 31.5. The number of nitrogens with one attached hydrogen (secondary N) is 2. The van der Waals surface area contributed by atoms with E-state index in [1.165, 1.54) is 0 Å². The highest BCUT2D eigenvalue weighted by Gasteiger charge is 2.34. The topological polar surface area (TPSA) is 138 Å². The molecule has 1 fully saturated rings. The van der Waals surface area contributed by atoms with Crippen molar-refractivity contribution in [2.75, 3.05) is 13.7 Å². The Morgan fingerprint density at radius 1 is 1.33 bits per heavy atom. The Hall–Kier alpha value is -2.92. The first-order valence-electron chi connectivity index (χ1n) is 10.7. The van der Waals surface area contributed by atoms with Crippen LogP contribution in [0, 0.1) is 6.92 Å². The number of aromatic amines is 1. The summed E-state index contributed by atoms with van der Waals surface area (Å²) in [6.45, 7) is 3.08. The summed E-state index contributed by atoms with van der Waals surface area (Å²) in [5.74, 6) is -0.261. The number of aromatic carboxylic acids is 1. The van der Waals surface area contributed by atoms with Gasteiger partial charge in [0, 0.05) is 47.8 Å². The molecule has 0 aliphatic carbocycles. The van der Waals surface area contributed by atoms with Crippen molar-refractivity contribution in [1.29, 1.82) is 0 Å². The van der Waals surface area contributed by atoms with Crippen LogP contribution in [0.5, 0.6) is 5.75 Å². The lowest BCUT2D eigenvalue weighted by Crippen LogP contribution is -2.47. The van der Waals surface area contributed by atoms with E-state index in [1.54, 1.807) is 31.4 Å². The number of piperidine rings is 1. The first-order chi connectivity index (χ1) is 15.7. The Morgan fingerprint density at radius 2 is 2.09 bits per heavy atom. The molecule has 0 radical (unpaired) electrons. The molecule has 0 saturated carbocycles. The number of likely N-dealkylation sites (tertiary alicyclic amines) is 1. The second-order valence-electron chi connectivity index (χ2n) is 8.40. The molecule has 10 heteroatoms. The Kier molecular flexibility index (Phi) is 6.44. The SMILES string of the molecule is COc1cc(C)c2[nH]ccc2c1CN1CC[C@H](NS(N)(=O)=O)C[C@@H]1c1ccccc1C(=O)O. The number of nitrogens with two attached hydrogens (primary N) is 1. The third-order valence-corrected chi connectivity index (χ3v) is 6.95. The molecular formula is C23H28N4O5S. The molecule has 2 atom stereocenters. The number of aromatic nitrogens is 1.